The fourth-order valence-corrected chi connectivity index (χ4v) is 3.36. The van der Waals surface area contributed by atoms with Crippen LogP contribution < -0.4 is 5.32 Å². The van der Waals surface area contributed by atoms with Gasteiger partial charge in [-0.1, -0.05) is 37.3 Å². The molecular weight excluding hydrogens is 262 g/mol. The van der Waals surface area contributed by atoms with Gasteiger partial charge in [-0.25, -0.2) is 0 Å². The van der Waals surface area contributed by atoms with Crippen molar-refractivity contribution in [1.29, 1.82) is 0 Å². The van der Waals surface area contributed by atoms with Gasteiger partial charge in [-0.15, -0.1) is 0 Å². The fraction of sp³-hybridized carbons (Fsp3) is 0.647. The number of hydrogen-bond acceptors (Lipinski definition) is 4. The predicted molar refractivity (Wildman–Crippen MR) is 87.4 cm³/mol. The number of benzene rings is 1. The lowest BCUT2D eigenvalue weighted by Crippen LogP contribution is -2.58. The third kappa shape index (κ3) is 3.64. The molecule has 4 nitrogen and oxygen atoms in total. The average molecular weight is 291 g/mol. The molecule has 0 amide bonds. The zero-order chi connectivity index (χ0) is 15.3. The molecule has 0 aliphatic carbocycles. The normalized spacial score (nSPS) is 23.9. The van der Waals surface area contributed by atoms with Gasteiger partial charge in [0.25, 0.3) is 0 Å². The van der Waals surface area contributed by atoms with Crippen LogP contribution in [0, 0.1) is 0 Å². The molecule has 1 heterocycles. The Kier molecular flexibility index (Phi) is 5.76. The molecule has 2 unspecified atom stereocenters. The lowest BCUT2D eigenvalue weighted by Gasteiger charge is -2.44. The Morgan fingerprint density at radius 2 is 2.00 bits per heavy atom. The summed E-state index contributed by atoms with van der Waals surface area (Å²) < 4.78 is 0. The summed E-state index contributed by atoms with van der Waals surface area (Å²) in [5.41, 5.74) is 0.774. The van der Waals surface area contributed by atoms with E-state index in [1.165, 1.54) is 0 Å². The quantitative estimate of drug-likeness (QED) is 0.824. The molecule has 0 bridgehead atoms. The molecule has 0 radical (unpaired) electrons. The molecule has 1 fully saturated rings. The Balaban J connectivity index is 2.11. The van der Waals surface area contributed by atoms with Crippen LogP contribution in [-0.4, -0.2) is 67.3 Å². The van der Waals surface area contributed by atoms with E-state index in [1.807, 2.05) is 25.2 Å². The van der Waals surface area contributed by atoms with Crippen LogP contribution in [0.25, 0.3) is 0 Å². The maximum absolute atomic E-state index is 10.0. The van der Waals surface area contributed by atoms with Gasteiger partial charge in [-0.05, 0) is 26.1 Å². The van der Waals surface area contributed by atoms with Gasteiger partial charge in [0.15, 0.2) is 0 Å². The second-order valence-corrected chi connectivity index (χ2v) is 6.07. The number of piperazine rings is 1. The van der Waals surface area contributed by atoms with Gasteiger partial charge in [-0.3, -0.25) is 9.80 Å². The first-order valence-corrected chi connectivity index (χ1v) is 7.97. The summed E-state index contributed by atoms with van der Waals surface area (Å²) in [4.78, 5) is 4.98. The van der Waals surface area contributed by atoms with Gasteiger partial charge in [0.2, 0.25) is 0 Å². The molecule has 4 heteroatoms. The zero-order valence-corrected chi connectivity index (χ0v) is 13.5. The van der Waals surface area contributed by atoms with Crippen LogP contribution in [0.3, 0.4) is 0 Å². The molecule has 2 rings (SSSR count). The topological polar surface area (TPSA) is 38.7 Å². The van der Waals surface area contributed by atoms with Crippen LogP contribution in [-0.2, 0) is 5.54 Å². The highest BCUT2D eigenvalue weighted by Crippen LogP contribution is 2.23. The van der Waals surface area contributed by atoms with E-state index in [4.69, 9.17) is 0 Å². The van der Waals surface area contributed by atoms with Crippen LogP contribution >= 0.6 is 0 Å². The van der Waals surface area contributed by atoms with Crippen molar-refractivity contribution in [1.82, 2.24) is 15.1 Å². The van der Waals surface area contributed by atoms with Crippen molar-refractivity contribution in [3.8, 4) is 0 Å². The van der Waals surface area contributed by atoms with Gasteiger partial charge in [0.05, 0.1) is 12.1 Å². The van der Waals surface area contributed by atoms with E-state index in [2.05, 4.69) is 41.1 Å². The smallest absolute Gasteiger partial charge is 0.0795 e. The Bertz CT molecular complexity index is 419. The number of aliphatic hydroxyl groups is 1. The molecule has 2 atom stereocenters. The van der Waals surface area contributed by atoms with Gasteiger partial charge in [0, 0.05) is 32.2 Å². The Morgan fingerprint density at radius 3 is 2.52 bits per heavy atom. The number of rotatable bonds is 6. The van der Waals surface area contributed by atoms with Gasteiger partial charge in [-0.2, -0.15) is 0 Å². The van der Waals surface area contributed by atoms with Gasteiger partial charge < -0.3 is 10.4 Å². The molecule has 0 saturated carbocycles. The summed E-state index contributed by atoms with van der Waals surface area (Å²) in [5.74, 6) is 0. The van der Waals surface area contributed by atoms with Crippen molar-refractivity contribution < 1.29 is 5.11 Å². The summed E-state index contributed by atoms with van der Waals surface area (Å²) in [6.07, 6.45) is 0. The van der Waals surface area contributed by atoms with Crippen molar-refractivity contribution in [2.75, 3.05) is 46.4 Å². The van der Waals surface area contributed by atoms with Crippen LogP contribution in [0.1, 0.15) is 19.4 Å². The third-order valence-corrected chi connectivity index (χ3v) is 4.82. The van der Waals surface area contributed by atoms with E-state index in [1.54, 1.807) is 0 Å². The summed E-state index contributed by atoms with van der Waals surface area (Å²) in [7, 11) is 1.94. The molecule has 1 saturated heterocycles. The SMILES string of the molecule is CCN1CCN(CC(CO)(NC)c2ccccc2)CC1C. The van der Waals surface area contributed by atoms with Crippen LogP contribution in [0.15, 0.2) is 30.3 Å². The van der Waals surface area contributed by atoms with Gasteiger partial charge in [0.1, 0.15) is 0 Å². The van der Waals surface area contributed by atoms with Crippen LogP contribution in [0.5, 0.6) is 0 Å². The monoisotopic (exact) mass is 291 g/mol. The van der Waals surface area contributed by atoms with Gasteiger partial charge >= 0.3 is 0 Å². The molecular formula is C17H29N3O. The number of likely N-dealkylation sites (N-methyl/N-ethyl adjacent to an activating group) is 2. The first-order valence-electron chi connectivity index (χ1n) is 7.97. The number of nitrogens with zero attached hydrogens (tertiary/aromatic N) is 2. The van der Waals surface area contributed by atoms with Crippen molar-refractivity contribution in [2.45, 2.75) is 25.4 Å². The number of aliphatic hydroxyl groups excluding tert-OH is 1. The van der Waals surface area contributed by atoms with Crippen molar-refractivity contribution in [2.24, 2.45) is 0 Å². The first kappa shape index (κ1) is 16.4. The Morgan fingerprint density at radius 1 is 1.29 bits per heavy atom. The molecule has 21 heavy (non-hydrogen) atoms. The van der Waals surface area contributed by atoms with E-state index in [0.29, 0.717) is 6.04 Å². The second-order valence-electron chi connectivity index (χ2n) is 6.07. The van der Waals surface area contributed by atoms with Crippen molar-refractivity contribution in [3.63, 3.8) is 0 Å². The fourth-order valence-electron chi connectivity index (χ4n) is 3.36. The maximum atomic E-state index is 10.0. The highest BCUT2D eigenvalue weighted by atomic mass is 16.3. The maximum Gasteiger partial charge on any atom is 0.0795 e. The molecule has 1 aromatic rings. The summed E-state index contributed by atoms with van der Waals surface area (Å²) in [6.45, 7) is 9.81. The minimum Gasteiger partial charge on any atom is -0.394 e. The lowest BCUT2D eigenvalue weighted by molar-refractivity contribution is 0.0485. The highest BCUT2D eigenvalue weighted by molar-refractivity contribution is 5.25. The molecule has 1 aliphatic rings. The highest BCUT2D eigenvalue weighted by Gasteiger charge is 2.34. The van der Waals surface area contributed by atoms with E-state index in [9.17, 15) is 5.11 Å². The Labute approximate surface area is 128 Å². The molecule has 0 spiro atoms. The largest absolute Gasteiger partial charge is 0.394 e. The summed E-state index contributed by atoms with van der Waals surface area (Å²) >= 11 is 0. The molecule has 1 aliphatic heterocycles. The minimum atomic E-state index is -0.380. The zero-order valence-electron chi connectivity index (χ0n) is 13.5. The molecule has 1 aromatic carbocycles. The first-order chi connectivity index (χ1) is 10.1. The van der Waals surface area contributed by atoms with Crippen LogP contribution in [0.2, 0.25) is 0 Å². The third-order valence-electron chi connectivity index (χ3n) is 4.82. The Hall–Kier alpha value is -0.940. The molecule has 118 valence electrons. The predicted octanol–water partition coefficient (Wildman–Crippen LogP) is 1.12. The standard InChI is InChI=1S/C17H29N3O/c1-4-20-11-10-19(12-15(20)2)13-17(14-21,18-3)16-8-6-5-7-9-16/h5-9,15,18,21H,4,10-14H2,1-3H3. The van der Waals surface area contributed by atoms with E-state index in [0.717, 1.165) is 38.3 Å². The van der Waals surface area contributed by atoms with Crippen LogP contribution in [0.4, 0.5) is 0 Å². The number of nitrogens with one attached hydrogen (secondary N) is 1. The summed E-state index contributed by atoms with van der Waals surface area (Å²) in [5, 5.41) is 13.4. The second kappa shape index (κ2) is 7.36. The van der Waals surface area contributed by atoms with E-state index in [-0.39, 0.29) is 12.1 Å². The van der Waals surface area contributed by atoms with Crippen molar-refractivity contribution in [3.05, 3.63) is 35.9 Å². The molecule has 2 N–H and O–H groups in total. The van der Waals surface area contributed by atoms with Crippen molar-refractivity contribution >= 4 is 0 Å². The summed E-state index contributed by atoms with van der Waals surface area (Å²) in [6, 6.07) is 10.9. The minimum absolute atomic E-state index is 0.107. The lowest BCUT2D eigenvalue weighted by atomic mass is 9.89. The molecule has 0 aromatic heterocycles. The average Bonchev–Trinajstić information content (AvgIpc) is 2.54. The van der Waals surface area contributed by atoms with E-state index < -0.39 is 0 Å². The van der Waals surface area contributed by atoms with E-state index >= 15 is 0 Å². The number of hydrogen-bond donors (Lipinski definition) is 2.